The zero-order chi connectivity index (χ0) is 13.0. The maximum Gasteiger partial charge on any atom is 0.252 e. The molecule has 0 aromatic carbocycles. The van der Waals surface area contributed by atoms with Crippen LogP contribution in [0.3, 0.4) is 0 Å². The molecule has 1 atom stereocenters. The van der Waals surface area contributed by atoms with Crippen molar-refractivity contribution in [2.75, 3.05) is 19.8 Å². The van der Waals surface area contributed by atoms with E-state index in [9.17, 15) is 4.79 Å². The minimum absolute atomic E-state index is 0.150. The Morgan fingerprint density at radius 3 is 3.17 bits per heavy atom. The topological polar surface area (TPSA) is 51.2 Å². The number of pyridine rings is 1. The second kappa shape index (κ2) is 6.50. The van der Waals surface area contributed by atoms with Crippen molar-refractivity contribution in [1.29, 1.82) is 0 Å². The molecule has 1 amide bonds. The Labute approximate surface area is 119 Å². The van der Waals surface area contributed by atoms with Gasteiger partial charge in [-0.15, -0.1) is 0 Å². The number of hydrogen-bond acceptors (Lipinski definition) is 3. The van der Waals surface area contributed by atoms with Crippen LogP contribution in [0.25, 0.3) is 0 Å². The number of rotatable bonds is 3. The fourth-order valence-corrected chi connectivity index (χ4v) is 2.24. The third-order valence-corrected chi connectivity index (χ3v) is 4.01. The van der Waals surface area contributed by atoms with Crippen LogP contribution in [0, 0.1) is 5.92 Å². The largest absolute Gasteiger partial charge is 0.381 e. The Morgan fingerprint density at radius 1 is 1.67 bits per heavy atom. The number of amides is 1. The summed E-state index contributed by atoms with van der Waals surface area (Å²) < 4.78 is 5.91. The van der Waals surface area contributed by atoms with Crippen molar-refractivity contribution in [2.24, 2.45) is 5.92 Å². The van der Waals surface area contributed by atoms with Gasteiger partial charge in [0.15, 0.2) is 0 Å². The zero-order valence-electron chi connectivity index (χ0n) is 9.79. The third-order valence-electron chi connectivity index (χ3n) is 2.86. The molecule has 18 heavy (non-hydrogen) atoms. The van der Waals surface area contributed by atoms with Gasteiger partial charge in [0.1, 0.15) is 4.60 Å². The predicted molar refractivity (Wildman–Crippen MR) is 72.8 cm³/mol. The third kappa shape index (κ3) is 3.67. The first-order chi connectivity index (χ1) is 8.66. The fraction of sp³-hybridized carbons (Fsp3) is 0.500. The maximum atomic E-state index is 11.9. The lowest BCUT2D eigenvalue weighted by atomic mass is 10.0. The number of nitrogens with one attached hydrogen (secondary N) is 1. The van der Waals surface area contributed by atoms with Crippen LogP contribution in [0.15, 0.2) is 16.9 Å². The Hall–Kier alpha value is -0.650. The minimum Gasteiger partial charge on any atom is -0.381 e. The molecule has 2 heterocycles. The van der Waals surface area contributed by atoms with Crippen LogP contribution < -0.4 is 5.32 Å². The van der Waals surface area contributed by atoms with Gasteiger partial charge in [-0.1, -0.05) is 11.6 Å². The van der Waals surface area contributed by atoms with Crippen LogP contribution in [0.1, 0.15) is 23.2 Å². The monoisotopic (exact) mass is 332 g/mol. The van der Waals surface area contributed by atoms with Crippen LogP contribution in [0.2, 0.25) is 5.02 Å². The van der Waals surface area contributed by atoms with Crippen LogP contribution >= 0.6 is 27.5 Å². The van der Waals surface area contributed by atoms with Gasteiger partial charge in [0.05, 0.1) is 17.2 Å². The van der Waals surface area contributed by atoms with E-state index in [2.05, 4.69) is 26.2 Å². The average Bonchev–Trinajstić information content (AvgIpc) is 2.40. The van der Waals surface area contributed by atoms with Crippen molar-refractivity contribution in [3.63, 3.8) is 0 Å². The molecular weight excluding hydrogens is 320 g/mol. The molecule has 0 radical (unpaired) electrons. The molecule has 98 valence electrons. The van der Waals surface area contributed by atoms with Crippen molar-refractivity contribution in [3.05, 3.63) is 27.5 Å². The van der Waals surface area contributed by atoms with E-state index in [0.29, 0.717) is 27.7 Å². The highest BCUT2D eigenvalue weighted by Crippen LogP contribution is 2.20. The van der Waals surface area contributed by atoms with Crippen molar-refractivity contribution in [2.45, 2.75) is 12.8 Å². The number of carbonyl (C=O) groups excluding carboxylic acids is 1. The lowest BCUT2D eigenvalue weighted by Crippen LogP contribution is -2.33. The molecule has 4 nitrogen and oxygen atoms in total. The summed E-state index contributed by atoms with van der Waals surface area (Å²) in [6.07, 6.45) is 3.66. The van der Waals surface area contributed by atoms with Crippen LogP contribution in [-0.2, 0) is 4.74 Å². The smallest absolute Gasteiger partial charge is 0.252 e. The molecule has 1 aliphatic rings. The number of aromatic nitrogens is 1. The van der Waals surface area contributed by atoms with E-state index in [1.165, 1.54) is 6.20 Å². The highest BCUT2D eigenvalue weighted by molar-refractivity contribution is 9.10. The van der Waals surface area contributed by atoms with Gasteiger partial charge in [0.2, 0.25) is 0 Å². The first kappa shape index (κ1) is 13.8. The van der Waals surface area contributed by atoms with Crippen molar-refractivity contribution in [1.82, 2.24) is 10.3 Å². The number of nitrogens with zero attached hydrogens (tertiary/aromatic N) is 1. The standard InChI is InChI=1S/C12H14BrClN2O2/c13-11-10(14)4-9(6-15-11)12(17)16-5-8-2-1-3-18-7-8/h4,6,8H,1-3,5,7H2,(H,16,17). The van der Waals surface area contributed by atoms with Gasteiger partial charge in [-0.25, -0.2) is 4.98 Å². The average molecular weight is 334 g/mol. The number of hydrogen-bond donors (Lipinski definition) is 1. The van der Waals surface area contributed by atoms with E-state index in [4.69, 9.17) is 16.3 Å². The van der Waals surface area contributed by atoms with E-state index in [1.807, 2.05) is 0 Å². The highest BCUT2D eigenvalue weighted by Gasteiger charge is 2.15. The lowest BCUT2D eigenvalue weighted by molar-refractivity contribution is 0.0536. The molecule has 0 aliphatic carbocycles. The molecule has 0 saturated carbocycles. The summed E-state index contributed by atoms with van der Waals surface area (Å²) in [6.45, 7) is 2.18. The van der Waals surface area contributed by atoms with Gasteiger partial charge < -0.3 is 10.1 Å². The molecule has 1 aliphatic heterocycles. The summed E-state index contributed by atoms with van der Waals surface area (Å²) in [5, 5.41) is 3.32. The Balaban J connectivity index is 1.88. The SMILES string of the molecule is O=C(NCC1CCCOC1)c1cnc(Br)c(Cl)c1. The molecular formula is C12H14BrClN2O2. The quantitative estimate of drug-likeness (QED) is 0.865. The molecule has 0 spiro atoms. The summed E-state index contributed by atoms with van der Waals surface area (Å²) in [4.78, 5) is 15.9. The van der Waals surface area contributed by atoms with Crippen LogP contribution in [-0.4, -0.2) is 30.6 Å². The fourth-order valence-electron chi connectivity index (χ4n) is 1.85. The predicted octanol–water partition coefficient (Wildman–Crippen LogP) is 2.65. The zero-order valence-corrected chi connectivity index (χ0v) is 12.1. The molecule has 1 saturated heterocycles. The summed E-state index contributed by atoms with van der Waals surface area (Å²) in [5.41, 5.74) is 0.472. The van der Waals surface area contributed by atoms with Gasteiger partial charge >= 0.3 is 0 Å². The van der Waals surface area contributed by atoms with Gasteiger partial charge in [-0.3, -0.25) is 4.79 Å². The normalized spacial score (nSPS) is 19.6. The van der Waals surface area contributed by atoms with Gasteiger partial charge in [0, 0.05) is 19.3 Å². The molecule has 0 bridgehead atoms. The Morgan fingerprint density at radius 2 is 2.50 bits per heavy atom. The molecule has 1 aromatic rings. The van der Waals surface area contributed by atoms with Crippen molar-refractivity contribution < 1.29 is 9.53 Å². The van der Waals surface area contributed by atoms with E-state index in [1.54, 1.807) is 6.07 Å². The molecule has 1 fully saturated rings. The molecule has 2 rings (SSSR count). The number of carbonyl (C=O) groups is 1. The first-order valence-corrected chi connectivity index (χ1v) is 7.01. The number of halogens is 2. The molecule has 1 N–H and O–H groups in total. The molecule has 1 unspecified atom stereocenters. The molecule has 6 heteroatoms. The van der Waals surface area contributed by atoms with E-state index >= 15 is 0 Å². The second-order valence-electron chi connectivity index (χ2n) is 4.29. The Kier molecular flexibility index (Phi) is 4.97. The van der Waals surface area contributed by atoms with Crippen molar-refractivity contribution in [3.8, 4) is 0 Å². The summed E-state index contributed by atoms with van der Waals surface area (Å²) in [7, 11) is 0. The highest BCUT2D eigenvalue weighted by atomic mass is 79.9. The maximum absolute atomic E-state index is 11.9. The Bertz CT molecular complexity index is 436. The summed E-state index contributed by atoms with van der Waals surface area (Å²) >= 11 is 9.09. The van der Waals surface area contributed by atoms with E-state index in [0.717, 1.165) is 26.1 Å². The first-order valence-electron chi connectivity index (χ1n) is 5.84. The van der Waals surface area contributed by atoms with Crippen LogP contribution in [0.4, 0.5) is 0 Å². The molecule has 1 aromatic heterocycles. The summed E-state index contributed by atoms with van der Waals surface area (Å²) in [5.74, 6) is 0.254. The van der Waals surface area contributed by atoms with Gasteiger partial charge in [-0.2, -0.15) is 0 Å². The van der Waals surface area contributed by atoms with Crippen LogP contribution in [0.5, 0.6) is 0 Å². The summed E-state index contributed by atoms with van der Waals surface area (Å²) in [6, 6.07) is 1.60. The minimum atomic E-state index is -0.150. The van der Waals surface area contributed by atoms with E-state index in [-0.39, 0.29) is 5.91 Å². The van der Waals surface area contributed by atoms with Gasteiger partial charge in [-0.05, 0) is 40.8 Å². The van der Waals surface area contributed by atoms with Crippen molar-refractivity contribution >= 4 is 33.4 Å². The van der Waals surface area contributed by atoms with E-state index < -0.39 is 0 Å². The van der Waals surface area contributed by atoms with Gasteiger partial charge in [0.25, 0.3) is 5.91 Å². The number of ether oxygens (including phenoxy) is 1. The second-order valence-corrected chi connectivity index (χ2v) is 5.45. The lowest BCUT2D eigenvalue weighted by Gasteiger charge is -2.22.